The second-order valence-electron chi connectivity index (χ2n) is 4.60. The van der Waals surface area contributed by atoms with Gasteiger partial charge in [0, 0.05) is 26.9 Å². The molecule has 0 bridgehead atoms. The van der Waals surface area contributed by atoms with E-state index in [2.05, 4.69) is 5.32 Å². The molecular weight excluding hydrogens is 293 g/mol. The van der Waals surface area contributed by atoms with E-state index in [4.69, 9.17) is 23.2 Å². The number of ketones is 1. The lowest BCUT2D eigenvalue weighted by molar-refractivity contribution is 0.101. The normalized spacial score (nSPS) is 12.0. The molecule has 2 aromatic rings. The van der Waals surface area contributed by atoms with Crippen molar-refractivity contribution < 1.29 is 4.79 Å². The van der Waals surface area contributed by atoms with E-state index >= 15 is 0 Å². The summed E-state index contributed by atoms with van der Waals surface area (Å²) in [6, 6.07) is 12.7. The maximum atomic E-state index is 11.6. The Hall–Kier alpha value is -1.51. The van der Waals surface area contributed by atoms with Gasteiger partial charge in [-0.1, -0.05) is 41.4 Å². The van der Waals surface area contributed by atoms with Crippen LogP contribution in [0.3, 0.4) is 0 Å². The molecule has 1 atom stereocenters. The standard InChI is InChI=1S/C16H15Cl2NO/c1-10(16-13(17)7-5-8-14(16)18)19-15-9-4-3-6-12(15)11(2)20/h3-10,19H,1-2H3. The van der Waals surface area contributed by atoms with Gasteiger partial charge in [-0.2, -0.15) is 0 Å². The van der Waals surface area contributed by atoms with Crippen LogP contribution < -0.4 is 5.32 Å². The third-order valence-electron chi connectivity index (χ3n) is 3.11. The molecule has 4 heteroatoms. The van der Waals surface area contributed by atoms with Crippen LogP contribution in [-0.4, -0.2) is 5.78 Å². The predicted octanol–water partition coefficient (Wildman–Crippen LogP) is 5.37. The number of rotatable bonds is 4. The SMILES string of the molecule is CC(=O)c1ccccc1NC(C)c1c(Cl)cccc1Cl. The molecule has 0 radical (unpaired) electrons. The zero-order valence-corrected chi connectivity index (χ0v) is 12.8. The summed E-state index contributed by atoms with van der Waals surface area (Å²) in [7, 11) is 0. The van der Waals surface area contributed by atoms with Crippen molar-refractivity contribution >= 4 is 34.7 Å². The summed E-state index contributed by atoms with van der Waals surface area (Å²) < 4.78 is 0. The van der Waals surface area contributed by atoms with Gasteiger partial charge in [0.25, 0.3) is 0 Å². The molecule has 2 aromatic carbocycles. The Bertz CT molecular complexity index is 620. The molecule has 104 valence electrons. The number of halogens is 2. The summed E-state index contributed by atoms with van der Waals surface area (Å²) in [6.07, 6.45) is 0. The van der Waals surface area contributed by atoms with Crippen LogP contribution in [0.15, 0.2) is 42.5 Å². The fourth-order valence-electron chi connectivity index (χ4n) is 2.15. The third kappa shape index (κ3) is 3.14. The summed E-state index contributed by atoms with van der Waals surface area (Å²) in [6.45, 7) is 3.51. The van der Waals surface area contributed by atoms with Crippen molar-refractivity contribution in [3.8, 4) is 0 Å². The summed E-state index contributed by atoms with van der Waals surface area (Å²) >= 11 is 12.4. The van der Waals surface area contributed by atoms with Crippen molar-refractivity contribution in [2.75, 3.05) is 5.32 Å². The highest BCUT2D eigenvalue weighted by molar-refractivity contribution is 6.36. The van der Waals surface area contributed by atoms with Crippen LogP contribution >= 0.6 is 23.2 Å². The van der Waals surface area contributed by atoms with Crippen molar-refractivity contribution in [3.63, 3.8) is 0 Å². The van der Waals surface area contributed by atoms with Crippen LogP contribution in [0.1, 0.15) is 35.8 Å². The van der Waals surface area contributed by atoms with Gasteiger partial charge in [0.05, 0.1) is 6.04 Å². The maximum Gasteiger partial charge on any atom is 0.161 e. The second-order valence-corrected chi connectivity index (χ2v) is 5.42. The molecule has 0 aliphatic carbocycles. The molecule has 0 saturated carbocycles. The maximum absolute atomic E-state index is 11.6. The number of hydrogen-bond donors (Lipinski definition) is 1. The quantitative estimate of drug-likeness (QED) is 0.769. The lowest BCUT2D eigenvalue weighted by Crippen LogP contribution is -2.10. The molecule has 0 amide bonds. The molecular formula is C16H15Cl2NO. The van der Waals surface area contributed by atoms with E-state index < -0.39 is 0 Å². The van der Waals surface area contributed by atoms with E-state index in [0.717, 1.165) is 11.3 Å². The van der Waals surface area contributed by atoms with Gasteiger partial charge in [-0.15, -0.1) is 0 Å². The number of carbonyl (C=O) groups is 1. The van der Waals surface area contributed by atoms with E-state index in [9.17, 15) is 4.79 Å². The monoisotopic (exact) mass is 307 g/mol. The lowest BCUT2D eigenvalue weighted by Gasteiger charge is -2.19. The highest BCUT2D eigenvalue weighted by atomic mass is 35.5. The fraction of sp³-hybridized carbons (Fsp3) is 0.188. The zero-order chi connectivity index (χ0) is 14.7. The molecule has 0 aliphatic rings. The molecule has 1 N–H and O–H groups in total. The first-order valence-electron chi connectivity index (χ1n) is 6.31. The molecule has 0 spiro atoms. The van der Waals surface area contributed by atoms with E-state index in [1.165, 1.54) is 0 Å². The van der Waals surface area contributed by atoms with Gasteiger partial charge in [0.1, 0.15) is 0 Å². The predicted molar refractivity (Wildman–Crippen MR) is 84.9 cm³/mol. The van der Waals surface area contributed by atoms with E-state index in [1.807, 2.05) is 31.2 Å². The van der Waals surface area contributed by atoms with Gasteiger partial charge in [0.15, 0.2) is 5.78 Å². The fourth-order valence-corrected chi connectivity index (χ4v) is 2.87. The molecule has 0 fully saturated rings. The minimum absolute atomic E-state index is 0.0190. The Labute approximate surface area is 128 Å². The molecule has 0 saturated heterocycles. The summed E-state index contributed by atoms with van der Waals surface area (Å²) in [4.78, 5) is 11.6. The third-order valence-corrected chi connectivity index (χ3v) is 3.77. The zero-order valence-electron chi connectivity index (χ0n) is 11.3. The number of Topliss-reactive ketones (excluding diaryl/α,β-unsaturated/α-hetero) is 1. The van der Waals surface area contributed by atoms with Crippen LogP contribution in [0.4, 0.5) is 5.69 Å². The van der Waals surface area contributed by atoms with Gasteiger partial charge in [0.2, 0.25) is 0 Å². The van der Waals surface area contributed by atoms with Gasteiger partial charge < -0.3 is 5.32 Å². The lowest BCUT2D eigenvalue weighted by atomic mass is 10.1. The number of nitrogens with one attached hydrogen (secondary N) is 1. The Morgan fingerprint density at radius 2 is 1.65 bits per heavy atom. The minimum atomic E-state index is -0.100. The van der Waals surface area contributed by atoms with Gasteiger partial charge in [-0.3, -0.25) is 4.79 Å². The topological polar surface area (TPSA) is 29.1 Å². The summed E-state index contributed by atoms with van der Waals surface area (Å²) in [5.41, 5.74) is 2.26. The summed E-state index contributed by atoms with van der Waals surface area (Å²) in [5, 5.41) is 4.52. The average molecular weight is 308 g/mol. The Balaban J connectivity index is 2.33. The van der Waals surface area contributed by atoms with E-state index in [0.29, 0.717) is 15.6 Å². The summed E-state index contributed by atoms with van der Waals surface area (Å²) in [5.74, 6) is 0.0190. The Morgan fingerprint density at radius 3 is 2.25 bits per heavy atom. The first-order chi connectivity index (χ1) is 9.50. The van der Waals surface area contributed by atoms with Crippen molar-refractivity contribution in [3.05, 3.63) is 63.6 Å². The van der Waals surface area contributed by atoms with Crippen molar-refractivity contribution in [2.45, 2.75) is 19.9 Å². The average Bonchev–Trinajstić information content (AvgIpc) is 2.38. The Kier molecular flexibility index (Phi) is 4.69. The first-order valence-corrected chi connectivity index (χ1v) is 7.06. The largest absolute Gasteiger partial charge is 0.378 e. The molecule has 1 unspecified atom stereocenters. The molecule has 0 aliphatic heterocycles. The molecule has 2 rings (SSSR count). The molecule has 20 heavy (non-hydrogen) atoms. The Morgan fingerprint density at radius 1 is 1.05 bits per heavy atom. The molecule has 0 aromatic heterocycles. The number of para-hydroxylation sites is 1. The highest BCUT2D eigenvalue weighted by Crippen LogP contribution is 2.32. The van der Waals surface area contributed by atoms with Crippen LogP contribution in [0, 0.1) is 0 Å². The smallest absolute Gasteiger partial charge is 0.161 e. The number of hydrogen-bond acceptors (Lipinski definition) is 2. The van der Waals surface area contributed by atoms with Gasteiger partial charge >= 0.3 is 0 Å². The van der Waals surface area contributed by atoms with Crippen molar-refractivity contribution in [1.82, 2.24) is 0 Å². The number of benzene rings is 2. The van der Waals surface area contributed by atoms with E-state index in [-0.39, 0.29) is 11.8 Å². The first kappa shape index (κ1) is 14.9. The van der Waals surface area contributed by atoms with Crippen LogP contribution in [-0.2, 0) is 0 Å². The number of anilines is 1. The molecule has 0 heterocycles. The van der Waals surface area contributed by atoms with Crippen LogP contribution in [0.2, 0.25) is 10.0 Å². The van der Waals surface area contributed by atoms with Crippen LogP contribution in [0.25, 0.3) is 0 Å². The number of carbonyl (C=O) groups excluding carboxylic acids is 1. The van der Waals surface area contributed by atoms with Gasteiger partial charge in [-0.05, 0) is 38.1 Å². The minimum Gasteiger partial charge on any atom is -0.378 e. The van der Waals surface area contributed by atoms with Gasteiger partial charge in [-0.25, -0.2) is 0 Å². The van der Waals surface area contributed by atoms with Crippen molar-refractivity contribution in [1.29, 1.82) is 0 Å². The van der Waals surface area contributed by atoms with Crippen LogP contribution in [0.5, 0.6) is 0 Å². The highest BCUT2D eigenvalue weighted by Gasteiger charge is 2.15. The molecule has 2 nitrogen and oxygen atoms in total. The second kappa shape index (κ2) is 6.29. The van der Waals surface area contributed by atoms with E-state index in [1.54, 1.807) is 25.1 Å². The van der Waals surface area contributed by atoms with Crippen molar-refractivity contribution in [2.24, 2.45) is 0 Å².